The summed E-state index contributed by atoms with van der Waals surface area (Å²) >= 11 is 5.85. The first kappa shape index (κ1) is 20.2. The number of benzene rings is 3. The minimum atomic E-state index is -0.422. The zero-order valence-electron chi connectivity index (χ0n) is 16.2. The number of halogens is 1. The molecule has 0 aromatic heterocycles. The molecule has 1 amide bonds. The second-order valence-corrected chi connectivity index (χ2v) is 7.42. The summed E-state index contributed by atoms with van der Waals surface area (Å²) in [6.07, 6.45) is 3.83. The number of hydrogen-bond donors (Lipinski definition) is 2. The fourth-order valence-corrected chi connectivity index (χ4v) is 3.55. The summed E-state index contributed by atoms with van der Waals surface area (Å²) in [7, 11) is 0. The molecule has 1 aliphatic rings. The van der Waals surface area contributed by atoms with Gasteiger partial charge in [0.1, 0.15) is 18.1 Å². The molecule has 1 heterocycles. The molecule has 0 aliphatic carbocycles. The van der Waals surface area contributed by atoms with Crippen LogP contribution in [0, 0.1) is 0 Å². The van der Waals surface area contributed by atoms with Gasteiger partial charge in [0.05, 0.1) is 17.3 Å². The maximum absolute atomic E-state index is 12.2. The summed E-state index contributed by atoms with van der Waals surface area (Å²) < 4.78 is 11.6. The molecule has 0 spiro atoms. The summed E-state index contributed by atoms with van der Waals surface area (Å²) in [5.41, 5.74) is 3.63. The van der Waals surface area contributed by atoms with E-state index in [4.69, 9.17) is 21.1 Å². The first-order valence-corrected chi connectivity index (χ1v) is 10.1. The van der Waals surface area contributed by atoms with Crippen molar-refractivity contribution in [2.75, 3.05) is 13.2 Å². The lowest BCUT2D eigenvalue weighted by atomic mass is 10.0. The van der Waals surface area contributed by atoms with Crippen LogP contribution in [0.4, 0.5) is 0 Å². The highest BCUT2D eigenvalue weighted by Crippen LogP contribution is 2.29. The monoisotopic (exact) mass is 424 g/mol. The van der Waals surface area contributed by atoms with Crippen molar-refractivity contribution < 1.29 is 19.4 Å². The third-order valence-corrected chi connectivity index (χ3v) is 5.25. The lowest BCUT2D eigenvalue weighted by molar-refractivity contribution is 0.0685. The average molecular weight is 425 g/mol. The van der Waals surface area contributed by atoms with Crippen LogP contribution in [0.2, 0.25) is 5.02 Å². The van der Waals surface area contributed by atoms with Crippen LogP contribution in [0.5, 0.6) is 11.5 Å². The van der Waals surface area contributed by atoms with E-state index in [0.717, 1.165) is 41.5 Å². The Morgan fingerprint density at radius 2 is 2.07 bits per heavy atom. The van der Waals surface area contributed by atoms with Crippen LogP contribution >= 0.6 is 11.6 Å². The lowest BCUT2D eigenvalue weighted by Gasteiger charge is -2.14. The molecular formula is C23H21ClN2O4. The Kier molecular flexibility index (Phi) is 6.16. The predicted molar refractivity (Wildman–Crippen MR) is 117 cm³/mol. The van der Waals surface area contributed by atoms with E-state index < -0.39 is 5.91 Å². The molecule has 1 atom stereocenters. The van der Waals surface area contributed by atoms with Gasteiger partial charge in [-0.3, -0.25) is 4.79 Å². The Morgan fingerprint density at radius 3 is 2.83 bits per heavy atom. The Labute approximate surface area is 179 Å². The Bertz CT molecular complexity index is 1090. The number of aromatic hydroxyl groups is 1. The molecule has 6 nitrogen and oxygen atoms in total. The number of nitrogens with zero attached hydrogens (tertiary/aromatic N) is 1. The van der Waals surface area contributed by atoms with Gasteiger partial charge in [-0.15, -0.1) is 0 Å². The highest BCUT2D eigenvalue weighted by molar-refractivity contribution is 6.32. The lowest BCUT2D eigenvalue weighted by Crippen LogP contribution is -2.17. The van der Waals surface area contributed by atoms with Gasteiger partial charge < -0.3 is 14.6 Å². The van der Waals surface area contributed by atoms with Gasteiger partial charge in [0, 0.05) is 23.1 Å². The van der Waals surface area contributed by atoms with E-state index in [1.54, 1.807) is 6.21 Å². The van der Waals surface area contributed by atoms with Crippen LogP contribution in [0.25, 0.3) is 10.8 Å². The van der Waals surface area contributed by atoms with Crippen molar-refractivity contribution >= 4 is 34.5 Å². The van der Waals surface area contributed by atoms with Crippen molar-refractivity contribution in [1.82, 2.24) is 5.43 Å². The largest absolute Gasteiger partial charge is 0.506 e. The normalized spacial score (nSPS) is 16.2. The molecule has 3 aromatic carbocycles. The molecule has 3 aromatic rings. The first-order valence-electron chi connectivity index (χ1n) is 9.70. The van der Waals surface area contributed by atoms with Gasteiger partial charge >= 0.3 is 0 Å². The molecule has 7 heteroatoms. The number of carbonyl (C=O) groups excluding carboxylic acids is 1. The van der Waals surface area contributed by atoms with Gasteiger partial charge in [0.2, 0.25) is 0 Å². The third-order valence-electron chi connectivity index (χ3n) is 4.95. The number of phenolic OH excluding ortho intramolecular Hbond substituents is 1. The van der Waals surface area contributed by atoms with E-state index in [2.05, 4.69) is 10.5 Å². The van der Waals surface area contributed by atoms with E-state index >= 15 is 0 Å². The van der Waals surface area contributed by atoms with E-state index in [0.29, 0.717) is 12.2 Å². The number of ether oxygens (including phenoxy) is 2. The van der Waals surface area contributed by atoms with E-state index in [1.165, 1.54) is 18.2 Å². The summed E-state index contributed by atoms with van der Waals surface area (Å²) in [5.74, 6) is 0.292. The zero-order chi connectivity index (χ0) is 20.9. The number of fused-ring (bicyclic) bond motifs is 1. The molecule has 30 heavy (non-hydrogen) atoms. The van der Waals surface area contributed by atoms with Crippen molar-refractivity contribution in [3.05, 3.63) is 70.7 Å². The maximum Gasteiger partial charge on any atom is 0.271 e. The minimum Gasteiger partial charge on any atom is -0.506 e. The first-order chi connectivity index (χ1) is 14.6. The highest BCUT2D eigenvalue weighted by Gasteiger charge is 2.17. The van der Waals surface area contributed by atoms with Crippen molar-refractivity contribution in [3.8, 4) is 11.5 Å². The minimum absolute atomic E-state index is 0.0787. The second kappa shape index (κ2) is 9.15. The van der Waals surface area contributed by atoms with Gasteiger partial charge in [-0.1, -0.05) is 35.9 Å². The molecule has 2 N–H and O–H groups in total. The molecule has 1 fully saturated rings. The highest BCUT2D eigenvalue weighted by atomic mass is 35.5. The summed E-state index contributed by atoms with van der Waals surface area (Å²) in [5, 5.41) is 15.6. The fraction of sp³-hybridized carbons (Fsp3) is 0.217. The molecule has 154 valence electrons. The predicted octanol–water partition coefficient (Wildman–Crippen LogP) is 4.52. The number of hydrogen-bond acceptors (Lipinski definition) is 5. The third kappa shape index (κ3) is 4.56. The fourth-order valence-electron chi connectivity index (χ4n) is 3.36. The van der Waals surface area contributed by atoms with Gasteiger partial charge in [-0.25, -0.2) is 5.43 Å². The van der Waals surface area contributed by atoms with Crippen LogP contribution in [0.1, 0.15) is 28.8 Å². The number of phenols is 1. The van der Waals surface area contributed by atoms with Crippen LogP contribution in [-0.2, 0) is 4.74 Å². The van der Waals surface area contributed by atoms with Crippen LogP contribution in [-0.4, -0.2) is 36.5 Å². The number of rotatable bonds is 6. The van der Waals surface area contributed by atoms with E-state index in [9.17, 15) is 9.90 Å². The number of carbonyl (C=O) groups is 1. The molecule has 0 radical (unpaired) electrons. The second-order valence-electron chi connectivity index (χ2n) is 7.01. The number of hydrazone groups is 1. The summed E-state index contributed by atoms with van der Waals surface area (Å²) in [6, 6.07) is 15.9. The van der Waals surface area contributed by atoms with Crippen molar-refractivity contribution in [2.24, 2.45) is 5.10 Å². The molecule has 0 saturated carbocycles. The number of nitrogens with one attached hydrogen (secondary N) is 1. The molecule has 1 unspecified atom stereocenters. The Morgan fingerprint density at radius 1 is 1.23 bits per heavy atom. The van der Waals surface area contributed by atoms with Gasteiger partial charge in [0.25, 0.3) is 5.91 Å². The van der Waals surface area contributed by atoms with Crippen LogP contribution in [0.15, 0.2) is 59.7 Å². The molecule has 1 saturated heterocycles. The topological polar surface area (TPSA) is 80.2 Å². The van der Waals surface area contributed by atoms with Crippen molar-refractivity contribution in [2.45, 2.75) is 18.9 Å². The molecule has 0 bridgehead atoms. The van der Waals surface area contributed by atoms with E-state index in [-0.39, 0.29) is 16.9 Å². The van der Waals surface area contributed by atoms with Crippen molar-refractivity contribution in [3.63, 3.8) is 0 Å². The smallest absolute Gasteiger partial charge is 0.271 e. The van der Waals surface area contributed by atoms with Crippen LogP contribution in [0.3, 0.4) is 0 Å². The summed E-state index contributed by atoms with van der Waals surface area (Å²) in [4.78, 5) is 12.2. The Hall–Kier alpha value is -3.09. The van der Waals surface area contributed by atoms with Gasteiger partial charge in [-0.05, 0) is 48.6 Å². The maximum atomic E-state index is 12.2. The SMILES string of the molecule is O=C(N/N=C/c1ccc(OCC2CCCO2)c2ccccc12)c1ccc(O)c(Cl)c1. The Balaban J connectivity index is 1.49. The molecule has 1 aliphatic heterocycles. The zero-order valence-corrected chi connectivity index (χ0v) is 16.9. The van der Waals surface area contributed by atoms with Gasteiger partial charge in [0.15, 0.2) is 0 Å². The molecule has 4 rings (SSSR count). The quantitative estimate of drug-likeness (QED) is 0.450. The number of amides is 1. The standard InChI is InChI=1S/C23H21ClN2O4/c24-20-12-15(7-9-21(20)27)23(28)26-25-13-16-8-10-22(19-6-2-1-5-18(16)19)30-14-17-4-3-11-29-17/h1-2,5-10,12-13,17,27H,3-4,11,14H2,(H,26,28)/b25-13+. The van der Waals surface area contributed by atoms with Crippen molar-refractivity contribution in [1.29, 1.82) is 0 Å². The van der Waals surface area contributed by atoms with Gasteiger partial charge in [-0.2, -0.15) is 5.10 Å². The molecular weight excluding hydrogens is 404 g/mol. The average Bonchev–Trinajstić information content (AvgIpc) is 3.28. The summed E-state index contributed by atoms with van der Waals surface area (Å²) in [6.45, 7) is 1.33. The van der Waals surface area contributed by atoms with E-state index in [1.807, 2.05) is 36.4 Å². The van der Waals surface area contributed by atoms with Crippen LogP contribution < -0.4 is 10.2 Å².